The van der Waals surface area contributed by atoms with Gasteiger partial charge in [0.05, 0.1) is 11.9 Å². The van der Waals surface area contributed by atoms with Gasteiger partial charge in [0, 0.05) is 18.2 Å². The molecule has 0 N–H and O–H groups in total. The molecule has 2 aromatic heterocycles. The van der Waals surface area contributed by atoms with E-state index in [1.54, 1.807) is 18.3 Å². The van der Waals surface area contributed by atoms with Gasteiger partial charge in [0.15, 0.2) is 16.7 Å². The third-order valence-corrected chi connectivity index (χ3v) is 4.88. The first-order valence-corrected chi connectivity index (χ1v) is 8.97. The van der Waals surface area contributed by atoms with Gasteiger partial charge in [-0.1, -0.05) is 42.1 Å². The molecule has 2 aromatic carbocycles. The summed E-state index contributed by atoms with van der Waals surface area (Å²) in [5.41, 5.74) is 1.81. The minimum absolute atomic E-state index is 0.274. The van der Waals surface area contributed by atoms with E-state index >= 15 is 0 Å². The van der Waals surface area contributed by atoms with Crippen LogP contribution in [0.4, 0.5) is 4.39 Å². The van der Waals surface area contributed by atoms with Crippen molar-refractivity contribution in [2.24, 2.45) is 7.05 Å². The predicted octanol–water partition coefficient (Wildman–Crippen LogP) is 4.57. The molecule has 0 saturated carbocycles. The number of thioether (sulfide) groups is 1. The van der Waals surface area contributed by atoms with Crippen LogP contribution < -0.4 is 0 Å². The van der Waals surface area contributed by atoms with Crippen molar-refractivity contribution in [1.82, 2.24) is 19.7 Å². The Bertz CT molecular complexity index is 1010. The molecule has 0 unspecified atom stereocenters. The van der Waals surface area contributed by atoms with E-state index in [9.17, 15) is 4.39 Å². The summed E-state index contributed by atoms with van der Waals surface area (Å²) in [6, 6.07) is 16.0. The van der Waals surface area contributed by atoms with E-state index in [-0.39, 0.29) is 5.82 Å². The molecule has 0 aliphatic carbocycles. The average molecular weight is 366 g/mol. The molecule has 0 bridgehead atoms. The predicted molar refractivity (Wildman–Crippen MR) is 97.9 cm³/mol. The molecular weight excluding hydrogens is 351 g/mol. The van der Waals surface area contributed by atoms with Gasteiger partial charge in [-0.3, -0.25) is 0 Å². The van der Waals surface area contributed by atoms with Crippen molar-refractivity contribution in [3.05, 3.63) is 72.5 Å². The van der Waals surface area contributed by atoms with Crippen LogP contribution in [0.25, 0.3) is 22.7 Å². The number of rotatable bonds is 5. The third kappa shape index (κ3) is 3.39. The molecule has 5 nitrogen and oxygen atoms in total. The highest BCUT2D eigenvalue weighted by Crippen LogP contribution is 2.27. The fraction of sp³-hybridized carbons (Fsp3) is 0.105. The number of halogens is 1. The molecule has 0 aliphatic heterocycles. The number of hydrogen-bond donors (Lipinski definition) is 0. The quantitative estimate of drug-likeness (QED) is 0.484. The maximum Gasteiger partial charge on any atom is 0.205 e. The summed E-state index contributed by atoms with van der Waals surface area (Å²) in [6.45, 7) is 0. The zero-order chi connectivity index (χ0) is 17.9. The Kier molecular flexibility index (Phi) is 4.53. The van der Waals surface area contributed by atoms with Crippen molar-refractivity contribution in [3.8, 4) is 22.7 Å². The molecule has 0 amide bonds. The van der Waals surface area contributed by atoms with E-state index in [1.165, 1.54) is 23.9 Å². The summed E-state index contributed by atoms with van der Waals surface area (Å²) in [5, 5.41) is 9.15. The first-order valence-electron chi connectivity index (χ1n) is 7.99. The fourth-order valence-electron chi connectivity index (χ4n) is 2.53. The second kappa shape index (κ2) is 7.13. The summed E-state index contributed by atoms with van der Waals surface area (Å²) < 4.78 is 20.8. The number of oxazole rings is 1. The minimum Gasteiger partial charge on any atom is -0.440 e. The van der Waals surface area contributed by atoms with Gasteiger partial charge in [-0.15, -0.1) is 10.2 Å². The lowest BCUT2D eigenvalue weighted by Gasteiger charge is -2.03. The Balaban J connectivity index is 1.47. The molecule has 2 heterocycles. The van der Waals surface area contributed by atoms with Crippen molar-refractivity contribution in [1.29, 1.82) is 0 Å². The highest BCUT2D eigenvalue weighted by atomic mass is 32.2. The lowest BCUT2D eigenvalue weighted by molar-refractivity contribution is 0.529. The largest absolute Gasteiger partial charge is 0.440 e. The number of nitrogens with zero attached hydrogens (tertiary/aromatic N) is 4. The monoisotopic (exact) mass is 366 g/mol. The van der Waals surface area contributed by atoms with Crippen LogP contribution in [0, 0.1) is 5.82 Å². The van der Waals surface area contributed by atoms with E-state index in [2.05, 4.69) is 15.2 Å². The molecule has 0 aliphatic rings. The van der Waals surface area contributed by atoms with Gasteiger partial charge in [0.1, 0.15) is 5.82 Å². The van der Waals surface area contributed by atoms with Gasteiger partial charge < -0.3 is 8.98 Å². The van der Waals surface area contributed by atoms with Crippen LogP contribution >= 0.6 is 11.8 Å². The molecule has 0 atom stereocenters. The van der Waals surface area contributed by atoms with Crippen molar-refractivity contribution in [3.63, 3.8) is 0 Å². The highest BCUT2D eigenvalue weighted by molar-refractivity contribution is 7.98. The Morgan fingerprint density at radius 3 is 2.54 bits per heavy atom. The molecule has 26 heavy (non-hydrogen) atoms. The van der Waals surface area contributed by atoms with Crippen LogP contribution in [0.2, 0.25) is 0 Å². The van der Waals surface area contributed by atoms with Gasteiger partial charge in [-0.2, -0.15) is 0 Å². The van der Waals surface area contributed by atoms with Crippen LogP contribution in [0.15, 0.2) is 70.4 Å². The average Bonchev–Trinajstić information content (AvgIpc) is 3.29. The number of benzene rings is 2. The molecular formula is C19H15FN4OS. The van der Waals surface area contributed by atoms with Crippen LogP contribution in [0.3, 0.4) is 0 Å². The number of hydrogen-bond acceptors (Lipinski definition) is 5. The number of aromatic nitrogens is 4. The zero-order valence-electron chi connectivity index (χ0n) is 14.0. The standard InChI is InChI=1S/C19H15FN4OS/c1-24-18(14-7-9-15(20)10-8-14)22-23-19(24)26-12-17-21-11-16(25-17)13-5-3-2-4-6-13/h2-11H,12H2,1H3. The maximum absolute atomic E-state index is 13.1. The SMILES string of the molecule is Cn1c(SCc2ncc(-c3ccccc3)o2)nnc1-c1ccc(F)cc1. The summed E-state index contributed by atoms with van der Waals surface area (Å²) in [5.74, 6) is 2.32. The molecule has 0 spiro atoms. The molecule has 130 valence electrons. The van der Waals surface area contributed by atoms with Crippen molar-refractivity contribution in [2.75, 3.05) is 0 Å². The Hall–Kier alpha value is -2.93. The molecule has 4 rings (SSSR count). The van der Waals surface area contributed by atoms with Crippen molar-refractivity contribution in [2.45, 2.75) is 10.9 Å². The zero-order valence-corrected chi connectivity index (χ0v) is 14.8. The van der Waals surface area contributed by atoms with Gasteiger partial charge in [0.2, 0.25) is 5.89 Å². The normalized spacial score (nSPS) is 11.0. The summed E-state index contributed by atoms with van der Waals surface area (Å²) >= 11 is 1.49. The fourth-order valence-corrected chi connectivity index (χ4v) is 3.29. The Morgan fingerprint density at radius 2 is 1.77 bits per heavy atom. The highest BCUT2D eigenvalue weighted by Gasteiger charge is 2.13. The molecule has 4 aromatic rings. The first kappa shape index (κ1) is 16.5. The van der Waals surface area contributed by atoms with Gasteiger partial charge in [-0.25, -0.2) is 9.37 Å². The smallest absolute Gasteiger partial charge is 0.205 e. The van der Waals surface area contributed by atoms with Crippen LogP contribution in [0.5, 0.6) is 0 Å². The summed E-state index contributed by atoms with van der Waals surface area (Å²) in [6.07, 6.45) is 1.73. The van der Waals surface area contributed by atoms with E-state index in [0.29, 0.717) is 17.5 Å². The van der Waals surface area contributed by atoms with E-state index in [0.717, 1.165) is 22.0 Å². The van der Waals surface area contributed by atoms with Crippen LogP contribution in [0.1, 0.15) is 5.89 Å². The topological polar surface area (TPSA) is 56.7 Å². The van der Waals surface area contributed by atoms with Crippen molar-refractivity contribution < 1.29 is 8.81 Å². The van der Waals surface area contributed by atoms with Crippen molar-refractivity contribution >= 4 is 11.8 Å². The van der Waals surface area contributed by atoms with E-state index in [1.807, 2.05) is 41.9 Å². The summed E-state index contributed by atoms with van der Waals surface area (Å²) in [4.78, 5) is 4.33. The second-order valence-corrected chi connectivity index (χ2v) is 6.59. The van der Waals surface area contributed by atoms with Gasteiger partial charge in [0.25, 0.3) is 0 Å². The van der Waals surface area contributed by atoms with Gasteiger partial charge in [-0.05, 0) is 24.3 Å². The lowest BCUT2D eigenvalue weighted by atomic mass is 10.2. The summed E-state index contributed by atoms with van der Waals surface area (Å²) in [7, 11) is 1.88. The molecule has 0 radical (unpaired) electrons. The van der Waals surface area contributed by atoms with Gasteiger partial charge >= 0.3 is 0 Å². The Morgan fingerprint density at radius 1 is 1.00 bits per heavy atom. The van der Waals surface area contributed by atoms with Crippen LogP contribution in [-0.4, -0.2) is 19.7 Å². The minimum atomic E-state index is -0.274. The molecule has 0 fully saturated rings. The van der Waals surface area contributed by atoms with E-state index < -0.39 is 0 Å². The van der Waals surface area contributed by atoms with Crippen LogP contribution in [-0.2, 0) is 12.8 Å². The first-order chi connectivity index (χ1) is 12.7. The second-order valence-electron chi connectivity index (χ2n) is 5.65. The maximum atomic E-state index is 13.1. The molecule has 0 saturated heterocycles. The molecule has 7 heteroatoms. The lowest BCUT2D eigenvalue weighted by Crippen LogP contribution is -1.95. The van der Waals surface area contributed by atoms with E-state index in [4.69, 9.17) is 4.42 Å². The Labute approximate surface area is 153 Å². The third-order valence-electron chi connectivity index (χ3n) is 3.87.